The molecule has 1 aliphatic rings. The van der Waals surface area contributed by atoms with Gasteiger partial charge in [-0.25, -0.2) is 12.7 Å². The average molecular weight is 427 g/mol. The van der Waals surface area contributed by atoms with Crippen molar-refractivity contribution < 1.29 is 13.5 Å². The van der Waals surface area contributed by atoms with E-state index in [1.54, 1.807) is 12.1 Å². The second kappa shape index (κ2) is 7.86. The largest absolute Gasteiger partial charge is 0.507 e. The quantitative estimate of drug-likeness (QED) is 0.790. The second-order valence-corrected chi connectivity index (χ2v) is 8.34. The lowest BCUT2D eigenvalue weighted by Gasteiger charge is -2.21. The maximum absolute atomic E-state index is 12.5. The molecule has 0 fully saturated rings. The second-order valence-electron chi connectivity index (χ2n) is 6.22. The van der Waals surface area contributed by atoms with Gasteiger partial charge < -0.3 is 10.4 Å². The van der Waals surface area contributed by atoms with Crippen molar-refractivity contribution in [3.63, 3.8) is 0 Å². The molecule has 0 saturated heterocycles. The normalized spacial score (nSPS) is 17.5. The molecular weight excluding hydrogens is 404 g/mol. The van der Waals surface area contributed by atoms with Crippen LogP contribution < -0.4 is 5.32 Å². The molecule has 1 heterocycles. The Morgan fingerprint density at radius 1 is 1.16 bits per heavy atom. The van der Waals surface area contributed by atoms with Crippen LogP contribution in [0.3, 0.4) is 0 Å². The van der Waals surface area contributed by atoms with Crippen LogP contribution in [-0.2, 0) is 16.4 Å². The molecule has 25 heavy (non-hydrogen) atoms. The molecule has 2 aromatic rings. The molecule has 1 atom stereocenters. The van der Waals surface area contributed by atoms with Crippen molar-refractivity contribution in [1.29, 1.82) is 0 Å². The van der Waals surface area contributed by atoms with E-state index in [9.17, 15) is 13.5 Å². The fourth-order valence-corrected chi connectivity index (χ4v) is 4.13. The topological polar surface area (TPSA) is 69.6 Å². The zero-order valence-electron chi connectivity index (χ0n) is 14.3. The highest BCUT2D eigenvalue weighted by Crippen LogP contribution is 2.35. The molecule has 2 aromatic carbocycles. The Kier molecular flexibility index (Phi) is 6.26. The number of hydrogen-bond donors (Lipinski definition) is 2. The minimum absolute atomic E-state index is 0. The molecule has 136 valence electrons. The van der Waals surface area contributed by atoms with Gasteiger partial charge in [-0.15, -0.1) is 17.0 Å². The van der Waals surface area contributed by atoms with Crippen LogP contribution in [0.25, 0.3) is 0 Å². The van der Waals surface area contributed by atoms with Crippen LogP contribution in [0, 0.1) is 0 Å². The van der Waals surface area contributed by atoms with Crippen LogP contribution in [0.5, 0.6) is 5.75 Å². The van der Waals surface area contributed by atoms with E-state index in [0.717, 1.165) is 40.5 Å². The number of nitrogens with one attached hydrogen (secondary N) is 1. The number of aromatic hydroxyl groups is 1. The highest BCUT2D eigenvalue weighted by atomic mass is 79.9. The number of rotatable bonds is 3. The van der Waals surface area contributed by atoms with Gasteiger partial charge in [-0.2, -0.15) is 0 Å². The van der Waals surface area contributed by atoms with E-state index < -0.39 is 10.0 Å². The summed E-state index contributed by atoms with van der Waals surface area (Å²) in [6, 6.07) is 13.3. The summed E-state index contributed by atoms with van der Waals surface area (Å²) in [5, 5.41) is 13.7. The van der Waals surface area contributed by atoms with Crippen LogP contribution >= 0.6 is 17.0 Å². The number of hydrogen-bond acceptors (Lipinski definition) is 4. The number of sulfonamides is 1. The first kappa shape index (κ1) is 19.9. The molecule has 0 radical (unpaired) electrons. The van der Waals surface area contributed by atoms with Crippen molar-refractivity contribution in [3.8, 4) is 5.75 Å². The van der Waals surface area contributed by atoms with Crippen LogP contribution in [0.1, 0.15) is 22.6 Å². The molecule has 0 spiro atoms. The van der Waals surface area contributed by atoms with E-state index in [-0.39, 0.29) is 33.5 Å². The third kappa shape index (κ3) is 3.89. The molecule has 0 aromatic heterocycles. The lowest BCUT2D eigenvalue weighted by Crippen LogP contribution is -2.23. The first-order chi connectivity index (χ1) is 11.4. The predicted octanol–water partition coefficient (Wildman–Crippen LogP) is 2.50. The van der Waals surface area contributed by atoms with Crippen molar-refractivity contribution in [2.24, 2.45) is 0 Å². The van der Waals surface area contributed by atoms with Gasteiger partial charge in [0.05, 0.1) is 0 Å². The summed E-state index contributed by atoms with van der Waals surface area (Å²) < 4.78 is 26.2. The van der Waals surface area contributed by atoms with Crippen molar-refractivity contribution >= 4 is 27.0 Å². The van der Waals surface area contributed by atoms with Gasteiger partial charge >= 0.3 is 0 Å². The van der Waals surface area contributed by atoms with Crippen LogP contribution in [-0.4, -0.2) is 45.0 Å². The Balaban J connectivity index is 0.00000225. The molecule has 0 bridgehead atoms. The highest BCUT2D eigenvalue weighted by Gasteiger charge is 2.27. The van der Waals surface area contributed by atoms with E-state index in [1.807, 2.05) is 18.2 Å². The third-order valence-corrected chi connectivity index (χ3v) is 6.32. The number of nitrogens with zero attached hydrogens (tertiary/aromatic N) is 1. The standard InChI is InChI=1S/C18H22N2O3S.BrH/c1-20(2)24(22,23)18-11-15-14(10-17(18)21)8-9-19-12-16(15)13-6-4-3-5-7-13;/h3-7,10-11,16,19,21H,8-9,12H2,1-2H3;1H. The highest BCUT2D eigenvalue weighted by molar-refractivity contribution is 8.93. The molecule has 3 rings (SSSR count). The Hall–Kier alpha value is -1.41. The van der Waals surface area contributed by atoms with E-state index in [4.69, 9.17) is 0 Å². The van der Waals surface area contributed by atoms with Crippen molar-refractivity contribution in [2.45, 2.75) is 17.2 Å². The predicted molar refractivity (Wildman–Crippen MR) is 104 cm³/mol. The van der Waals surface area contributed by atoms with Crippen molar-refractivity contribution in [2.75, 3.05) is 27.2 Å². The van der Waals surface area contributed by atoms with Crippen molar-refractivity contribution in [1.82, 2.24) is 9.62 Å². The van der Waals surface area contributed by atoms with Crippen LogP contribution in [0.4, 0.5) is 0 Å². The summed E-state index contributed by atoms with van der Waals surface area (Å²) in [6.45, 7) is 1.54. The van der Waals surface area contributed by atoms with Gasteiger partial charge in [0.1, 0.15) is 10.6 Å². The zero-order chi connectivity index (χ0) is 17.3. The van der Waals surface area contributed by atoms with Gasteiger partial charge in [0, 0.05) is 26.6 Å². The lowest BCUT2D eigenvalue weighted by atomic mass is 9.88. The Morgan fingerprint density at radius 3 is 2.48 bits per heavy atom. The molecule has 5 nitrogen and oxygen atoms in total. The van der Waals surface area contributed by atoms with Gasteiger partial charge in [0.25, 0.3) is 0 Å². The van der Waals surface area contributed by atoms with Gasteiger partial charge in [-0.05, 0) is 41.8 Å². The molecule has 1 unspecified atom stereocenters. The minimum Gasteiger partial charge on any atom is -0.507 e. The third-order valence-electron chi connectivity index (χ3n) is 4.48. The number of phenols is 1. The molecular formula is C18H23BrN2O3S. The van der Waals surface area contributed by atoms with E-state index in [2.05, 4.69) is 17.4 Å². The van der Waals surface area contributed by atoms with Gasteiger partial charge in [-0.1, -0.05) is 30.3 Å². The summed E-state index contributed by atoms with van der Waals surface area (Å²) >= 11 is 0. The van der Waals surface area contributed by atoms with Gasteiger partial charge in [-0.3, -0.25) is 0 Å². The monoisotopic (exact) mass is 426 g/mol. The fraction of sp³-hybridized carbons (Fsp3) is 0.333. The summed E-state index contributed by atoms with van der Waals surface area (Å²) in [7, 11) is -0.758. The average Bonchev–Trinajstić information content (AvgIpc) is 2.76. The first-order valence-corrected chi connectivity index (χ1v) is 9.39. The number of benzene rings is 2. The zero-order valence-corrected chi connectivity index (χ0v) is 16.8. The summed E-state index contributed by atoms with van der Waals surface area (Å²) in [6.07, 6.45) is 0.758. The van der Waals surface area contributed by atoms with Crippen molar-refractivity contribution in [3.05, 3.63) is 59.2 Å². The Labute approximate surface area is 159 Å². The molecule has 1 aliphatic heterocycles. The van der Waals surface area contributed by atoms with Gasteiger partial charge in [0.2, 0.25) is 10.0 Å². The van der Waals surface area contributed by atoms with Gasteiger partial charge in [0.15, 0.2) is 0 Å². The smallest absolute Gasteiger partial charge is 0.246 e. The molecule has 0 saturated carbocycles. The van der Waals surface area contributed by atoms with E-state index >= 15 is 0 Å². The Morgan fingerprint density at radius 2 is 1.84 bits per heavy atom. The molecule has 7 heteroatoms. The van der Waals surface area contributed by atoms with Crippen LogP contribution in [0.15, 0.2) is 47.4 Å². The van der Waals surface area contributed by atoms with E-state index in [1.165, 1.54) is 14.1 Å². The lowest BCUT2D eigenvalue weighted by molar-refractivity contribution is 0.451. The minimum atomic E-state index is -3.70. The number of phenolic OH excluding ortho intramolecular Hbond substituents is 1. The first-order valence-electron chi connectivity index (χ1n) is 7.95. The fourth-order valence-electron chi connectivity index (χ4n) is 3.13. The number of halogens is 1. The molecule has 0 aliphatic carbocycles. The van der Waals surface area contributed by atoms with Crippen LogP contribution in [0.2, 0.25) is 0 Å². The summed E-state index contributed by atoms with van der Waals surface area (Å²) in [5.74, 6) is -0.128. The maximum Gasteiger partial charge on any atom is 0.246 e. The number of fused-ring (bicyclic) bond motifs is 1. The molecule has 0 amide bonds. The maximum atomic E-state index is 12.5. The summed E-state index contributed by atoms with van der Waals surface area (Å²) in [5.41, 5.74) is 3.08. The SMILES string of the molecule is Br.CN(C)S(=O)(=O)c1cc2c(cc1O)CCNCC2c1ccccc1. The van der Waals surface area contributed by atoms with E-state index in [0.29, 0.717) is 0 Å². The summed E-state index contributed by atoms with van der Waals surface area (Å²) in [4.78, 5) is -0.0333. The molecule has 2 N–H and O–H groups in total. The Bertz CT molecular complexity index is 839.